The van der Waals surface area contributed by atoms with E-state index in [-0.39, 0.29) is 5.82 Å². The summed E-state index contributed by atoms with van der Waals surface area (Å²) in [5.41, 5.74) is 8.32. The van der Waals surface area contributed by atoms with Crippen LogP contribution in [0.1, 0.15) is 10.6 Å². The SMILES string of the molecule is Nc1cccc2ccc(-c3ccnc(C=O)n3)cc12. The third kappa shape index (κ3) is 2.04. The van der Waals surface area contributed by atoms with E-state index >= 15 is 0 Å². The summed E-state index contributed by atoms with van der Waals surface area (Å²) in [5, 5.41) is 2.06. The Balaban J connectivity index is 2.19. The number of nitrogens with zero attached hydrogens (tertiary/aromatic N) is 2. The van der Waals surface area contributed by atoms with Crippen molar-refractivity contribution in [2.24, 2.45) is 0 Å². The first kappa shape index (κ1) is 11.3. The molecule has 0 amide bonds. The van der Waals surface area contributed by atoms with Gasteiger partial charge in [0, 0.05) is 22.8 Å². The lowest BCUT2D eigenvalue weighted by molar-refractivity contribution is 0.111. The number of carbonyl (C=O) groups is 1. The molecule has 0 saturated heterocycles. The molecule has 0 spiro atoms. The fraction of sp³-hybridized carbons (Fsp3) is 0. The van der Waals surface area contributed by atoms with E-state index < -0.39 is 0 Å². The Kier molecular flexibility index (Phi) is 2.68. The number of carbonyl (C=O) groups excluding carboxylic acids is 1. The van der Waals surface area contributed by atoms with Gasteiger partial charge in [-0.05, 0) is 23.6 Å². The predicted octanol–water partition coefficient (Wildman–Crippen LogP) is 2.69. The molecule has 0 unspecified atom stereocenters. The van der Waals surface area contributed by atoms with E-state index in [1.165, 1.54) is 0 Å². The van der Waals surface area contributed by atoms with Crippen molar-refractivity contribution in [3.8, 4) is 11.3 Å². The molecule has 1 aromatic heterocycles. The average Bonchev–Trinajstić information content (AvgIpc) is 2.47. The molecule has 0 bridgehead atoms. The molecule has 0 saturated carbocycles. The lowest BCUT2D eigenvalue weighted by Gasteiger charge is -2.05. The molecular formula is C15H11N3O. The van der Waals surface area contributed by atoms with Crippen LogP contribution in [0.25, 0.3) is 22.0 Å². The van der Waals surface area contributed by atoms with Crippen molar-refractivity contribution >= 4 is 22.7 Å². The van der Waals surface area contributed by atoms with E-state index in [0.717, 1.165) is 22.0 Å². The smallest absolute Gasteiger partial charge is 0.193 e. The molecule has 0 aliphatic carbocycles. The van der Waals surface area contributed by atoms with Gasteiger partial charge in [-0.1, -0.05) is 24.3 Å². The number of aromatic nitrogens is 2. The fourth-order valence-electron chi connectivity index (χ4n) is 2.05. The number of nitrogens with two attached hydrogens (primary N) is 1. The largest absolute Gasteiger partial charge is 0.398 e. The quantitative estimate of drug-likeness (QED) is 0.560. The van der Waals surface area contributed by atoms with Crippen LogP contribution >= 0.6 is 0 Å². The standard InChI is InChI=1S/C15H11N3O/c16-13-3-1-2-10-4-5-11(8-12(10)13)14-6-7-17-15(9-19)18-14/h1-9H,16H2. The number of hydrogen-bond donors (Lipinski definition) is 1. The lowest BCUT2D eigenvalue weighted by atomic mass is 10.0. The Hall–Kier alpha value is -2.75. The first-order valence-corrected chi connectivity index (χ1v) is 5.85. The zero-order valence-electron chi connectivity index (χ0n) is 10.1. The Morgan fingerprint density at radius 1 is 1.11 bits per heavy atom. The average molecular weight is 249 g/mol. The highest BCUT2D eigenvalue weighted by atomic mass is 16.1. The molecule has 0 fully saturated rings. The van der Waals surface area contributed by atoms with Crippen molar-refractivity contribution < 1.29 is 4.79 Å². The molecule has 0 radical (unpaired) electrons. The first-order valence-electron chi connectivity index (χ1n) is 5.85. The minimum Gasteiger partial charge on any atom is -0.398 e. The summed E-state index contributed by atoms with van der Waals surface area (Å²) in [6.45, 7) is 0. The summed E-state index contributed by atoms with van der Waals surface area (Å²) in [6.07, 6.45) is 2.21. The monoisotopic (exact) mass is 249 g/mol. The molecule has 3 rings (SSSR count). The topological polar surface area (TPSA) is 68.9 Å². The zero-order valence-corrected chi connectivity index (χ0v) is 10.1. The van der Waals surface area contributed by atoms with Crippen LogP contribution in [-0.2, 0) is 0 Å². The highest BCUT2D eigenvalue weighted by Crippen LogP contribution is 2.26. The first-order chi connectivity index (χ1) is 9.28. The van der Waals surface area contributed by atoms with Gasteiger partial charge >= 0.3 is 0 Å². The maximum atomic E-state index is 10.7. The molecule has 2 N–H and O–H groups in total. The minimum absolute atomic E-state index is 0.179. The Morgan fingerprint density at radius 2 is 2.00 bits per heavy atom. The summed E-state index contributed by atoms with van der Waals surface area (Å²) < 4.78 is 0. The molecule has 0 atom stereocenters. The fourth-order valence-corrected chi connectivity index (χ4v) is 2.05. The third-order valence-corrected chi connectivity index (χ3v) is 2.99. The van der Waals surface area contributed by atoms with Crippen LogP contribution in [0.4, 0.5) is 5.69 Å². The molecule has 3 aromatic rings. The number of anilines is 1. The lowest BCUT2D eigenvalue weighted by Crippen LogP contribution is -1.94. The highest BCUT2D eigenvalue weighted by Gasteiger charge is 2.04. The van der Waals surface area contributed by atoms with Crippen LogP contribution in [0.3, 0.4) is 0 Å². The number of hydrogen-bond acceptors (Lipinski definition) is 4. The van der Waals surface area contributed by atoms with E-state index in [1.807, 2.05) is 36.4 Å². The summed E-state index contributed by atoms with van der Waals surface area (Å²) in [7, 11) is 0. The minimum atomic E-state index is 0.179. The van der Waals surface area contributed by atoms with Crippen LogP contribution in [0.15, 0.2) is 48.7 Å². The van der Waals surface area contributed by atoms with Gasteiger partial charge in [-0.2, -0.15) is 0 Å². The van der Waals surface area contributed by atoms with Crippen molar-refractivity contribution in [3.63, 3.8) is 0 Å². The second-order valence-electron chi connectivity index (χ2n) is 4.20. The van der Waals surface area contributed by atoms with Crippen molar-refractivity contribution in [2.75, 3.05) is 5.73 Å². The predicted molar refractivity (Wildman–Crippen MR) is 74.8 cm³/mol. The van der Waals surface area contributed by atoms with E-state index in [0.29, 0.717) is 12.0 Å². The van der Waals surface area contributed by atoms with Gasteiger partial charge in [-0.25, -0.2) is 9.97 Å². The third-order valence-electron chi connectivity index (χ3n) is 2.99. The van der Waals surface area contributed by atoms with Crippen molar-refractivity contribution in [1.82, 2.24) is 9.97 Å². The van der Waals surface area contributed by atoms with Gasteiger partial charge in [0.1, 0.15) is 0 Å². The normalized spacial score (nSPS) is 10.5. The number of benzene rings is 2. The molecule has 4 heteroatoms. The van der Waals surface area contributed by atoms with Gasteiger partial charge in [0.15, 0.2) is 12.1 Å². The molecule has 2 aromatic carbocycles. The highest BCUT2D eigenvalue weighted by molar-refractivity contribution is 5.95. The number of aldehydes is 1. The van der Waals surface area contributed by atoms with Crippen LogP contribution < -0.4 is 5.73 Å². The summed E-state index contributed by atoms with van der Waals surface area (Å²) in [4.78, 5) is 18.7. The molecular weight excluding hydrogens is 238 g/mol. The molecule has 19 heavy (non-hydrogen) atoms. The van der Waals surface area contributed by atoms with Gasteiger partial charge in [-0.15, -0.1) is 0 Å². The van der Waals surface area contributed by atoms with Gasteiger partial charge in [0.05, 0.1) is 5.69 Å². The van der Waals surface area contributed by atoms with Crippen LogP contribution in [0.2, 0.25) is 0 Å². The summed E-state index contributed by atoms with van der Waals surface area (Å²) >= 11 is 0. The zero-order chi connectivity index (χ0) is 13.2. The van der Waals surface area contributed by atoms with Gasteiger partial charge in [-0.3, -0.25) is 4.79 Å². The number of rotatable bonds is 2. The van der Waals surface area contributed by atoms with Crippen LogP contribution in [0.5, 0.6) is 0 Å². The second kappa shape index (κ2) is 4.49. The van der Waals surface area contributed by atoms with Crippen molar-refractivity contribution in [3.05, 3.63) is 54.5 Å². The molecule has 0 aliphatic rings. The molecule has 1 heterocycles. The van der Waals surface area contributed by atoms with Crippen LogP contribution in [-0.4, -0.2) is 16.3 Å². The van der Waals surface area contributed by atoms with Gasteiger partial charge < -0.3 is 5.73 Å². The Morgan fingerprint density at radius 3 is 2.84 bits per heavy atom. The molecule has 92 valence electrons. The van der Waals surface area contributed by atoms with Crippen molar-refractivity contribution in [1.29, 1.82) is 0 Å². The van der Waals surface area contributed by atoms with E-state index in [4.69, 9.17) is 5.73 Å². The summed E-state index contributed by atoms with van der Waals surface area (Å²) in [6, 6.07) is 13.5. The number of nitrogen functional groups attached to an aromatic ring is 1. The van der Waals surface area contributed by atoms with Crippen LogP contribution in [0, 0.1) is 0 Å². The van der Waals surface area contributed by atoms with Gasteiger partial charge in [0.25, 0.3) is 0 Å². The Labute approximate surface area is 109 Å². The van der Waals surface area contributed by atoms with E-state index in [9.17, 15) is 4.79 Å². The second-order valence-corrected chi connectivity index (χ2v) is 4.20. The van der Waals surface area contributed by atoms with Crippen molar-refractivity contribution in [2.45, 2.75) is 0 Å². The molecule has 0 aliphatic heterocycles. The maximum Gasteiger partial charge on any atom is 0.193 e. The molecule has 4 nitrogen and oxygen atoms in total. The summed E-state index contributed by atoms with van der Waals surface area (Å²) in [5.74, 6) is 0.179. The van der Waals surface area contributed by atoms with Gasteiger partial charge in [0.2, 0.25) is 0 Å². The van der Waals surface area contributed by atoms with E-state index in [2.05, 4.69) is 9.97 Å². The Bertz CT molecular complexity index is 768. The number of fused-ring (bicyclic) bond motifs is 1. The maximum absolute atomic E-state index is 10.7. The van der Waals surface area contributed by atoms with E-state index in [1.54, 1.807) is 12.3 Å².